The van der Waals surface area contributed by atoms with E-state index in [9.17, 15) is 14.3 Å². The van der Waals surface area contributed by atoms with Crippen molar-refractivity contribution in [2.45, 2.75) is 44.6 Å². The molecule has 0 fully saturated rings. The molecule has 0 radical (unpaired) electrons. The minimum Gasteiger partial charge on any atom is -0.870 e. The largest absolute Gasteiger partial charge is 0.870 e. The molecule has 0 saturated heterocycles. The van der Waals surface area contributed by atoms with Crippen LogP contribution in [0.1, 0.15) is 38.5 Å². The zero-order valence-electron chi connectivity index (χ0n) is 20.2. The van der Waals surface area contributed by atoms with E-state index in [1.165, 1.54) is 0 Å². The van der Waals surface area contributed by atoms with Crippen LogP contribution in [0.2, 0.25) is 5.02 Å². The van der Waals surface area contributed by atoms with E-state index in [0.29, 0.717) is 35.7 Å². The molecule has 0 aliphatic carbocycles. The van der Waals surface area contributed by atoms with Crippen molar-refractivity contribution in [3.05, 3.63) is 29.3 Å². The molecule has 0 aromatic heterocycles. The van der Waals surface area contributed by atoms with Crippen LogP contribution in [0, 0.1) is 0 Å². The lowest BCUT2D eigenvalue weighted by atomic mass is 10.2. The SMILES string of the molecule is C[N+](C)(C)CC(CC(=O)O)OP(=O)(O)OCCCCCOCCCCOc1ccc(Cl)cc1.[OH-]. The van der Waals surface area contributed by atoms with Crippen LogP contribution in [0.5, 0.6) is 5.75 Å². The minimum absolute atomic E-state index is 0. The number of aliphatic carboxylic acids is 1. The number of carboxylic acids is 1. The number of hydrogen-bond donors (Lipinski definition) is 2. The Kier molecular flexibility index (Phi) is 16.6. The van der Waals surface area contributed by atoms with Gasteiger partial charge in [-0.3, -0.25) is 13.8 Å². The van der Waals surface area contributed by atoms with Gasteiger partial charge in [-0.1, -0.05) is 11.6 Å². The third kappa shape index (κ3) is 18.1. The van der Waals surface area contributed by atoms with Crippen LogP contribution in [-0.4, -0.2) is 86.1 Å². The van der Waals surface area contributed by atoms with Gasteiger partial charge in [0.15, 0.2) is 0 Å². The average molecular weight is 528 g/mol. The Hall–Kier alpha value is -1.23. The topological polar surface area (TPSA) is 142 Å². The number of halogens is 1. The fourth-order valence-corrected chi connectivity index (χ4v) is 4.02. The van der Waals surface area contributed by atoms with Crippen LogP contribution >= 0.6 is 19.4 Å². The summed E-state index contributed by atoms with van der Waals surface area (Å²) < 4.78 is 33.8. The van der Waals surface area contributed by atoms with Crippen LogP contribution in [0.3, 0.4) is 0 Å². The molecule has 0 amide bonds. The highest BCUT2D eigenvalue weighted by atomic mass is 35.5. The van der Waals surface area contributed by atoms with Crippen molar-refractivity contribution >= 4 is 25.4 Å². The molecule has 10 nitrogen and oxygen atoms in total. The smallest absolute Gasteiger partial charge is 0.472 e. The Morgan fingerprint density at radius 1 is 1.00 bits per heavy atom. The van der Waals surface area contributed by atoms with E-state index in [4.69, 9.17) is 35.2 Å². The van der Waals surface area contributed by atoms with Crippen LogP contribution < -0.4 is 4.74 Å². The second kappa shape index (κ2) is 17.2. The molecule has 3 N–H and O–H groups in total. The van der Waals surface area contributed by atoms with Crippen molar-refractivity contribution in [3.8, 4) is 5.75 Å². The quantitative estimate of drug-likeness (QED) is 0.154. The van der Waals surface area contributed by atoms with Gasteiger partial charge < -0.3 is 29.4 Å². The predicted molar refractivity (Wildman–Crippen MR) is 129 cm³/mol. The van der Waals surface area contributed by atoms with Gasteiger partial charge in [-0.15, -0.1) is 0 Å². The lowest BCUT2D eigenvalue weighted by molar-refractivity contribution is -0.873. The van der Waals surface area contributed by atoms with Gasteiger partial charge in [0.2, 0.25) is 0 Å². The number of quaternary nitrogens is 1. The van der Waals surface area contributed by atoms with E-state index in [1.807, 2.05) is 33.3 Å². The van der Waals surface area contributed by atoms with Gasteiger partial charge in [0.1, 0.15) is 18.4 Å². The number of carbonyl (C=O) groups is 1. The van der Waals surface area contributed by atoms with E-state index in [2.05, 4.69) is 0 Å². The highest BCUT2D eigenvalue weighted by Gasteiger charge is 2.31. The second-order valence-electron chi connectivity index (χ2n) is 8.78. The molecule has 0 heterocycles. The van der Waals surface area contributed by atoms with E-state index < -0.39 is 19.9 Å². The number of phosphoric acid groups is 1. The maximum Gasteiger partial charge on any atom is 0.472 e. The van der Waals surface area contributed by atoms with Gasteiger partial charge in [0, 0.05) is 18.2 Å². The van der Waals surface area contributed by atoms with Crippen LogP contribution in [0.4, 0.5) is 0 Å². The minimum atomic E-state index is -4.32. The summed E-state index contributed by atoms with van der Waals surface area (Å²) in [5.74, 6) is -0.298. The maximum absolute atomic E-state index is 12.1. The van der Waals surface area contributed by atoms with Crippen LogP contribution in [0.15, 0.2) is 24.3 Å². The Balaban J connectivity index is 0.0000109. The molecule has 1 rings (SSSR count). The fourth-order valence-electron chi connectivity index (χ4n) is 2.95. The molecule has 0 spiro atoms. The monoisotopic (exact) mass is 527 g/mol. The van der Waals surface area contributed by atoms with Gasteiger partial charge in [0.25, 0.3) is 0 Å². The van der Waals surface area contributed by atoms with Crippen molar-refractivity contribution in [2.75, 3.05) is 54.1 Å². The number of rotatable bonds is 19. The molecular weight excluding hydrogens is 489 g/mol. The van der Waals surface area contributed by atoms with Crippen molar-refractivity contribution in [2.24, 2.45) is 0 Å². The number of nitrogens with zero attached hydrogens (tertiary/aromatic N) is 1. The number of likely N-dealkylation sites (N-methyl/N-ethyl adjacent to an activating group) is 1. The van der Waals surface area contributed by atoms with E-state index in [-0.39, 0.29) is 25.0 Å². The van der Waals surface area contributed by atoms with Crippen molar-refractivity contribution < 1.29 is 47.8 Å². The van der Waals surface area contributed by atoms with Gasteiger partial charge in [-0.25, -0.2) is 4.57 Å². The first-order valence-electron chi connectivity index (χ1n) is 11.1. The molecule has 1 aromatic carbocycles. The Morgan fingerprint density at radius 2 is 1.56 bits per heavy atom. The molecule has 2 unspecified atom stereocenters. The third-order valence-corrected chi connectivity index (χ3v) is 5.71. The zero-order valence-corrected chi connectivity index (χ0v) is 21.9. The van der Waals surface area contributed by atoms with E-state index in [1.54, 1.807) is 12.1 Å². The number of ether oxygens (including phenoxy) is 2. The summed E-state index contributed by atoms with van der Waals surface area (Å²) in [4.78, 5) is 20.9. The van der Waals surface area contributed by atoms with Crippen molar-refractivity contribution in [1.29, 1.82) is 0 Å². The standard InChI is InChI=1S/C22H37ClNO8P.H2O/c1-24(2,3)18-21(17-22(25)26)32-33(27,28)31-16-6-4-5-13-29-14-7-8-15-30-20-11-9-19(23)10-12-20;/h9-12,21H,4-8,13-18H2,1-3H3,(H-,25,26,27,28);1H2. The van der Waals surface area contributed by atoms with Crippen molar-refractivity contribution in [1.82, 2.24) is 0 Å². The van der Waals surface area contributed by atoms with Gasteiger partial charge in [-0.05, 0) is 56.4 Å². The lowest BCUT2D eigenvalue weighted by Crippen LogP contribution is -2.42. The summed E-state index contributed by atoms with van der Waals surface area (Å²) >= 11 is 5.83. The maximum atomic E-state index is 12.1. The average Bonchev–Trinajstić information content (AvgIpc) is 2.68. The Morgan fingerprint density at radius 3 is 2.15 bits per heavy atom. The predicted octanol–water partition coefficient (Wildman–Crippen LogP) is 4.19. The second-order valence-corrected chi connectivity index (χ2v) is 10.6. The number of carboxylic acid groups (broad SMARTS) is 1. The summed E-state index contributed by atoms with van der Waals surface area (Å²) in [7, 11) is 1.22. The molecule has 0 bridgehead atoms. The zero-order chi connectivity index (χ0) is 24.7. The molecule has 1 aromatic rings. The van der Waals surface area contributed by atoms with Gasteiger partial charge in [-0.2, -0.15) is 0 Å². The summed E-state index contributed by atoms with van der Waals surface area (Å²) in [6, 6.07) is 7.26. The normalized spacial score (nSPS) is 14.1. The Bertz CT molecular complexity index is 728. The van der Waals surface area contributed by atoms with E-state index in [0.717, 1.165) is 31.4 Å². The third-order valence-electron chi connectivity index (χ3n) is 4.39. The first kappa shape index (κ1) is 32.8. The molecule has 0 saturated carbocycles. The molecule has 198 valence electrons. The summed E-state index contributed by atoms with van der Waals surface area (Å²) in [5, 5.41) is 9.67. The molecule has 0 aliphatic heterocycles. The van der Waals surface area contributed by atoms with Gasteiger partial charge >= 0.3 is 13.8 Å². The molecule has 12 heteroatoms. The van der Waals surface area contributed by atoms with Gasteiger partial charge in [0.05, 0.1) is 40.8 Å². The highest BCUT2D eigenvalue weighted by molar-refractivity contribution is 7.47. The Labute approximate surface area is 207 Å². The molecule has 0 aliphatic rings. The summed E-state index contributed by atoms with van der Waals surface area (Å²) in [6.07, 6.45) is 2.66. The van der Waals surface area contributed by atoms with Crippen molar-refractivity contribution in [3.63, 3.8) is 0 Å². The molecular formula is C22H39ClNO9P. The number of unbranched alkanes of at least 4 members (excludes halogenated alkanes) is 3. The van der Waals surface area contributed by atoms with Crippen LogP contribution in [-0.2, 0) is 23.1 Å². The molecule has 2 atom stereocenters. The highest BCUT2D eigenvalue weighted by Crippen LogP contribution is 2.45. The van der Waals surface area contributed by atoms with E-state index >= 15 is 0 Å². The van der Waals surface area contributed by atoms with Crippen LogP contribution in [0.25, 0.3) is 0 Å². The number of hydrogen-bond acceptors (Lipinski definition) is 7. The first-order chi connectivity index (χ1) is 15.5. The lowest BCUT2D eigenvalue weighted by Gasteiger charge is -2.29. The number of benzene rings is 1. The molecule has 34 heavy (non-hydrogen) atoms. The first-order valence-corrected chi connectivity index (χ1v) is 13.0. The number of phosphoric ester groups is 1. The fraction of sp³-hybridized carbons (Fsp3) is 0.682. The summed E-state index contributed by atoms with van der Waals surface area (Å²) in [6.45, 7) is 2.20. The summed E-state index contributed by atoms with van der Waals surface area (Å²) in [5.41, 5.74) is 0.